The molecule has 9 nitrogen and oxygen atoms in total. The summed E-state index contributed by atoms with van der Waals surface area (Å²) in [6.07, 6.45) is 6.62. The molecule has 3 aromatic rings. The number of fused-ring (bicyclic) bond motifs is 1. The minimum atomic E-state index is -1.08. The fourth-order valence-corrected chi connectivity index (χ4v) is 5.02. The maximum atomic E-state index is 14.4. The third-order valence-corrected chi connectivity index (χ3v) is 6.93. The minimum Gasteiger partial charge on any atom is -0.381 e. The average molecular weight is 504 g/mol. The van der Waals surface area contributed by atoms with Crippen LogP contribution in [0, 0.1) is 23.4 Å². The lowest BCUT2D eigenvalue weighted by Crippen LogP contribution is -2.29. The van der Waals surface area contributed by atoms with Crippen molar-refractivity contribution in [3.63, 3.8) is 0 Å². The molecule has 1 aliphatic carbocycles. The van der Waals surface area contributed by atoms with Gasteiger partial charge in [0.25, 0.3) is 0 Å². The number of aromatic nitrogens is 4. The fourth-order valence-electron chi connectivity index (χ4n) is 5.02. The van der Waals surface area contributed by atoms with Gasteiger partial charge in [-0.15, -0.1) is 0 Å². The van der Waals surface area contributed by atoms with E-state index in [0.717, 1.165) is 25.9 Å². The average Bonchev–Trinajstić information content (AvgIpc) is 2.99. The Hall–Kier alpha value is -3.41. The SMILES string of the molecule is NC(=O)C1CCC(n2c(Nc3c(F)cc(F)cc3F)nc3cnc(NC4CCCOCC4)nc32)CC1. The quantitative estimate of drug-likeness (QED) is 0.461. The molecule has 1 atom stereocenters. The summed E-state index contributed by atoms with van der Waals surface area (Å²) >= 11 is 0. The van der Waals surface area contributed by atoms with E-state index in [0.29, 0.717) is 61.5 Å². The number of amides is 1. The Morgan fingerprint density at radius 2 is 1.78 bits per heavy atom. The van der Waals surface area contributed by atoms with Gasteiger partial charge in [0.1, 0.15) is 17.0 Å². The number of nitrogens with zero attached hydrogens (tertiary/aromatic N) is 4. The molecule has 2 aliphatic rings. The Balaban J connectivity index is 1.51. The number of halogens is 3. The summed E-state index contributed by atoms with van der Waals surface area (Å²) < 4.78 is 49.7. The zero-order valence-corrected chi connectivity index (χ0v) is 19.6. The number of benzene rings is 1. The number of anilines is 3. The number of imidazole rings is 1. The first kappa shape index (κ1) is 24.3. The molecule has 1 aromatic carbocycles. The summed E-state index contributed by atoms with van der Waals surface area (Å²) in [7, 11) is 0. The highest BCUT2D eigenvalue weighted by Gasteiger charge is 2.30. The van der Waals surface area contributed by atoms with Crippen LogP contribution >= 0.6 is 0 Å². The number of nitrogens with two attached hydrogens (primary N) is 1. The summed E-state index contributed by atoms with van der Waals surface area (Å²) in [6.45, 7) is 1.38. The lowest BCUT2D eigenvalue weighted by Gasteiger charge is -2.29. The van der Waals surface area contributed by atoms with E-state index >= 15 is 0 Å². The zero-order chi connectivity index (χ0) is 25.2. The molecule has 2 fully saturated rings. The van der Waals surface area contributed by atoms with Crippen molar-refractivity contribution in [2.45, 2.75) is 57.0 Å². The van der Waals surface area contributed by atoms with Crippen LogP contribution in [0.25, 0.3) is 11.2 Å². The monoisotopic (exact) mass is 503 g/mol. The van der Waals surface area contributed by atoms with Crippen LogP contribution in [0.5, 0.6) is 0 Å². The number of hydrogen-bond donors (Lipinski definition) is 3. The van der Waals surface area contributed by atoms with E-state index < -0.39 is 23.1 Å². The number of hydrogen-bond acceptors (Lipinski definition) is 7. The topological polar surface area (TPSA) is 120 Å². The van der Waals surface area contributed by atoms with Crippen LogP contribution in [-0.2, 0) is 9.53 Å². The molecule has 12 heteroatoms. The number of nitrogens with one attached hydrogen (secondary N) is 2. The molecule has 3 heterocycles. The molecule has 1 unspecified atom stereocenters. The highest BCUT2D eigenvalue weighted by Crippen LogP contribution is 2.37. The summed E-state index contributed by atoms with van der Waals surface area (Å²) in [5.74, 6) is -3.14. The lowest BCUT2D eigenvalue weighted by atomic mass is 9.85. The molecule has 0 radical (unpaired) electrons. The van der Waals surface area contributed by atoms with Gasteiger partial charge in [-0.1, -0.05) is 0 Å². The van der Waals surface area contributed by atoms with Crippen LogP contribution in [0.2, 0.25) is 0 Å². The van der Waals surface area contributed by atoms with Crippen molar-refractivity contribution in [1.82, 2.24) is 19.5 Å². The van der Waals surface area contributed by atoms with E-state index in [9.17, 15) is 18.0 Å². The van der Waals surface area contributed by atoms with Crippen molar-refractivity contribution in [3.05, 3.63) is 35.8 Å². The zero-order valence-electron chi connectivity index (χ0n) is 19.6. The predicted octanol–water partition coefficient (Wildman–Crippen LogP) is 4.18. The first-order valence-corrected chi connectivity index (χ1v) is 12.2. The molecular formula is C24H28F3N7O2. The normalized spacial score (nSPS) is 22.8. The Morgan fingerprint density at radius 3 is 2.50 bits per heavy atom. The lowest BCUT2D eigenvalue weighted by molar-refractivity contribution is -0.122. The van der Waals surface area contributed by atoms with Crippen molar-refractivity contribution >= 4 is 34.7 Å². The van der Waals surface area contributed by atoms with Gasteiger partial charge in [0.15, 0.2) is 17.3 Å². The highest BCUT2D eigenvalue weighted by atomic mass is 19.1. The van der Waals surface area contributed by atoms with E-state index in [2.05, 4.69) is 20.6 Å². The Bertz CT molecular complexity index is 1230. The number of ether oxygens (including phenoxy) is 1. The maximum Gasteiger partial charge on any atom is 0.224 e. The molecule has 5 rings (SSSR count). The molecular weight excluding hydrogens is 475 g/mol. The van der Waals surface area contributed by atoms with Gasteiger partial charge in [0.2, 0.25) is 17.8 Å². The van der Waals surface area contributed by atoms with E-state index in [1.807, 2.05) is 0 Å². The molecule has 1 saturated carbocycles. The Labute approximate surface area is 205 Å². The van der Waals surface area contributed by atoms with E-state index in [1.54, 1.807) is 10.8 Å². The molecule has 1 aliphatic heterocycles. The van der Waals surface area contributed by atoms with E-state index in [1.165, 1.54) is 0 Å². The number of carbonyl (C=O) groups is 1. The van der Waals surface area contributed by atoms with Gasteiger partial charge in [-0.2, -0.15) is 4.98 Å². The Morgan fingerprint density at radius 1 is 1.03 bits per heavy atom. The third kappa shape index (κ3) is 5.08. The second kappa shape index (κ2) is 10.3. The van der Waals surface area contributed by atoms with Crippen molar-refractivity contribution in [2.24, 2.45) is 11.7 Å². The van der Waals surface area contributed by atoms with Gasteiger partial charge in [0, 0.05) is 43.3 Å². The van der Waals surface area contributed by atoms with Crippen molar-refractivity contribution in [3.8, 4) is 0 Å². The minimum absolute atomic E-state index is 0.145. The first-order valence-electron chi connectivity index (χ1n) is 12.2. The molecule has 0 bridgehead atoms. The summed E-state index contributed by atoms with van der Waals surface area (Å²) in [5.41, 5.74) is 5.91. The molecule has 36 heavy (non-hydrogen) atoms. The number of rotatable bonds is 6. The fraction of sp³-hybridized carbons (Fsp3) is 0.500. The molecule has 1 saturated heterocycles. The molecule has 4 N–H and O–H groups in total. The van der Waals surface area contributed by atoms with Crippen LogP contribution in [0.3, 0.4) is 0 Å². The van der Waals surface area contributed by atoms with Crippen LogP contribution < -0.4 is 16.4 Å². The van der Waals surface area contributed by atoms with Crippen LogP contribution in [0.15, 0.2) is 18.3 Å². The maximum absolute atomic E-state index is 14.4. The second-order valence-corrected chi connectivity index (χ2v) is 9.37. The standard InChI is InChI=1S/C24H28F3N7O2/c25-14-10-17(26)20(18(27)11-14)32-24-31-19-12-29-23(30-15-2-1-8-36-9-7-15)33-22(19)34(24)16-5-3-13(4-6-16)21(28)35/h10-13,15-16H,1-9H2,(H2,28,35)(H,31,32)(H,29,30,33). The molecule has 192 valence electrons. The smallest absolute Gasteiger partial charge is 0.224 e. The van der Waals surface area contributed by atoms with Crippen LogP contribution in [-0.4, -0.2) is 44.7 Å². The van der Waals surface area contributed by atoms with Crippen molar-refractivity contribution in [1.29, 1.82) is 0 Å². The largest absolute Gasteiger partial charge is 0.381 e. The first-order chi connectivity index (χ1) is 17.4. The molecule has 1 amide bonds. The summed E-state index contributed by atoms with van der Waals surface area (Å²) in [6, 6.07) is 1.23. The summed E-state index contributed by atoms with van der Waals surface area (Å²) in [4.78, 5) is 25.3. The van der Waals surface area contributed by atoms with E-state index in [4.69, 9.17) is 15.5 Å². The van der Waals surface area contributed by atoms with Crippen LogP contribution in [0.4, 0.5) is 30.8 Å². The molecule has 2 aromatic heterocycles. The van der Waals surface area contributed by atoms with Gasteiger partial charge in [0.05, 0.1) is 6.20 Å². The second-order valence-electron chi connectivity index (χ2n) is 9.37. The van der Waals surface area contributed by atoms with Gasteiger partial charge >= 0.3 is 0 Å². The number of carbonyl (C=O) groups excluding carboxylic acids is 1. The van der Waals surface area contributed by atoms with Crippen molar-refractivity contribution < 1.29 is 22.7 Å². The van der Waals surface area contributed by atoms with Gasteiger partial charge < -0.3 is 21.1 Å². The predicted molar refractivity (Wildman–Crippen MR) is 127 cm³/mol. The molecule has 0 spiro atoms. The van der Waals surface area contributed by atoms with Gasteiger partial charge in [-0.3, -0.25) is 9.36 Å². The third-order valence-electron chi connectivity index (χ3n) is 6.93. The van der Waals surface area contributed by atoms with Gasteiger partial charge in [-0.25, -0.2) is 23.1 Å². The van der Waals surface area contributed by atoms with E-state index in [-0.39, 0.29) is 29.9 Å². The number of primary amides is 1. The van der Waals surface area contributed by atoms with Crippen LogP contribution in [0.1, 0.15) is 51.0 Å². The summed E-state index contributed by atoms with van der Waals surface area (Å²) in [5, 5.41) is 6.07. The van der Waals surface area contributed by atoms with Crippen molar-refractivity contribution in [2.75, 3.05) is 23.8 Å². The Kier molecular flexibility index (Phi) is 6.95. The van der Waals surface area contributed by atoms with Gasteiger partial charge in [-0.05, 0) is 44.9 Å². The highest BCUT2D eigenvalue weighted by molar-refractivity contribution is 5.78.